The molecule has 0 saturated carbocycles. The number of aliphatic imine (C=N–C) groups is 2. The third kappa shape index (κ3) is 2.77. The van der Waals surface area contributed by atoms with E-state index in [2.05, 4.69) is 21.4 Å². The van der Waals surface area contributed by atoms with Crippen molar-refractivity contribution in [3.8, 4) is 0 Å². The van der Waals surface area contributed by atoms with Crippen LogP contribution in [0, 0.1) is 0 Å². The van der Waals surface area contributed by atoms with Crippen LogP contribution in [-0.2, 0) is 4.74 Å². The Kier molecular flexibility index (Phi) is 4.46. The molecule has 1 N–H and O–H groups in total. The predicted molar refractivity (Wildman–Crippen MR) is 79.0 cm³/mol. The smallest absolute Gasteiger partial charge is 0.169 e. The highest BCUT2D eigenvalue weighted by Crippen LogP contribution is 2.40. The van der Waals surface area contributed by atoms with Gasteiger partial charge >= 0.3 is 0 Å². The molecule has 0 amide bonds. The van der Waals surface area contributed by atoms with Crippen LogP contribution >= 0.6 is 23.7 Å². The number of allylic oxidation sites excluding steroid dienone is 1. The van der Waals surface area contributed by atoms with Gasteiger partial charge in [0.2, 0.25) is 0 Å². The second kappa shape index (κ2) is 6.08. The fraction of sp³-hybridized carbons (Fsp3) is 0.167. The molecule has 1 aromatic rings. The first-order valence-electron chi connectivity index (χ1n) is 5.23. The zero-order chi connectivity index (χ0) is 13.0. The number of thioether (sulfide) groups is 1. The molecule has 0 bridgehead atoms. The van der Waals surface area contributed by atoms with Gasteiger partial charge in [0.15, 0.2) is 5.76 Å². The van der Waals surface area contributed by atoms with E-state index in [-0.39, 0.29) is 0 Å². The van der Waals surface area contributed by atoms with Crippen molar-refractivity contribution in [2.75, 3.05) is 14.2 Å². The van der Waals surface area contributed by atoms with Crippen molar-refractivity contribution >= 4 is 42.3 Å². The van der Waals surface area contributed by atoms with E-state index in [1.54, 1.807) is 25.3 Å². The van der Waals surface area contributed by atoms with Crippen LogP contribution in [0.1, 0.15) is 0 Å². The van der Waals surface area contributed by atoms with Crippen LogP contribution in [0.15, 0.2) is 48.8 Å². The molecule has 0 aliphatic carbocycles. The van der Waals surface area contributed by atoms with Crippen molar-refractivity contribution in [3.63, 3.8) is 0 Å². The largest absolute Gasteiger partial charge is 0.492 e. The Morgan fingerprint density at radius 1 is 1.50 bits per heavy atom. The number of nitrogens with one attached hydrogen (secondary N) is 1. The van der Waals surface area contributed by atoms with Gasteiger partial charge in [0, 0.05) is 9.79 Å². The molecule has 2 rings (SSSR count). The van der Waals surface area contributed by atoms with Gasteiger partial charge in [-0.05, 0) is 43.9 Å². The van der Waals surface area contributed by atoms with E-state index < -0.39 is 0 Å². The first-order chi connectivity index (χ1) is 8.78. The highest BCUT2D eigenvalue weighted by Gasteiger charge is 2.14. The van der Waals surface area contributed by atoms with E-state index in [0.717, 1.165) is 20.5 Å². The lowest BCUT2D eigenvalue weighted by molar-refractivity contribution is 0.315. The number of hydrogen-bond donors (Lipinski definition) is 1. The van der Waals surface area contributed by atoms with Gasteiger partial charge in [0.05, 0.1) is 19.0 Å². The summed E-state index contributed by atoms with van der Waals surface area (Å²) in [5, 5.41) is 0.731. The summed E-state index contributed by atoms with van der Waals surface area (Å²) in [5.74, 6) is 0.633. The average Bonchev–Trinajstić information content (AvgIpc) is 2.57. The standard InChI is InChI=1S/C12H13N3OS2/c1-13-12-10(16-3)7-15-9-6-8(18-14-2)4-5-11(9)17-12/h4-7,14H,1H2,2-3H3. The van der Waals surface area contributed by atoms with Crippen molar-refractivity contribution < 1.29 is 4.74 Å². The lowest BCUT2D eigenvalue weighted by atomic mass is 10.3. The lowest BCUT2D eigenvalue weighted by Gasteiger charge is -2.06. The minimum Gasteiger partial charge on any atom is -0.492 e. The minimum absolute atomic E-state index is 0.633. The highest BCUT2D eigenvalue weighted by atomic mass is 32.2. The van der Waals surface area contributed by atoms with Gasteiger partial charge in [-0.1, -0.05) is 11.8 Å². The fourth-order valence-electron chi connectivity index (χ4n) is 1.45. The molecule has 1 heterocycles. The highest BCUT2D eigenvalue weighted by molar-refractivity contribution is 8.03. The zero-order valence-electron chi connectivity index (χ0n) is 10.1. The van der Waals surface area contributed by atoms with Gasteiger partial charge in [0.25, 0.3) is 0 Å². The van der Waals surface area contributed by atoms with Gasteiger partial charge in [-0.2, -0.15) is 0 Å². The van der Waals surface area contributed by atoms with Crippen LogP contribution in [0.25, 0.3) is 0 Å². The first-order valence-corrected chi connectivity index (χ1v) is 6.86. The molecule has 0 spiro atoms. The minimum atomic E-state index is 0.633. The summed E-state index contributed by atoms with van der Waals surface area (Å²) >= 11 is 3.06. The Hall–Kier alpha value is -1.24. The maximum atomic E-state index is 5.24. The Labute approximate surface area is 115 Å². The molecular formula is C12H13N3OS2. The van der Waals surface area contributed by atoms with E-state index in [9.17, 15) is 0 Å². The topological polar surface area (TPSA) is 46.0 Å². The van der Waals surface area contributed by atoms with Crippen LogP contribution in [0.3, 0.4) is 0 Å². The van der Waals surface area contributed by atoms with Crippen molar-refractivity contribution in [2.24, 2.45) is 9.98 Å². The van der Waals surface area contributed by atoms with E-state index in [0.29, 0.717) is 5.76 Å². The number of fused-ring (bicyclic) bond motifs is 1. The van der Waals surface area contributed by atoms with Crippen molar-refractivity contribution in [2.45, 2.75) is 9.79 Å². The van der Waals surface area contributed by atoms with Crippen molar-refractivity contribution in [1.29, 1.82) is 0 Å². The molecular weight excluding hydrogens is 266 g/mol. The Morgan fingerprint density at radius 2 is 2.33 bits per heavy atom. The van der Waals surface area contributed by atoms with Crippen molar-refractivity contribution in [1.82, 2.24) is 4.72 Å². The van der Waals surface area contributed by atoms with Crippen molar-refractivity contribution in [3.05, 3.63) is 29.0 Å². The van der Waals surface area contributed by atoms with E-state index >= 15 is 0 Å². The van der Waals surface area contributed by atoms with Gasteiger partial charge < -0.3 is 4.74 Å². The summed E-state index contributed by atoms with van der Waals surface area (Å²) in [7, 11) is 3.49. The van der Waals surface area contributed by atoms with Gasteiger partial charge in [-0.25, -0.2) is 0 Å². The molecule has 0 fully saturated rings. The number of hydrogen-bond acceptors (Lipinski definition) is 6. The van der Waals surface area contributed by atoms with E-state index in [1.807, 2.05) is 25.2 Å². The average molecular weight is 279 g/mol. The van der Waals surface area contributed by atoms with Gasteiger partial charge in [-0.3, -0.25) is 14.7 Å². The lowest BCUT2D eigenvalue weighted by Crippen LogP contribution is -1.90. The second-order valence-electron chi connectivity index (χ2n) is 3.33. The first kappa shape index (κ1) is 13.2. The number of rotatable bonds is 4. The van der Waals surface area contributed by atoms with E-state index in [4.69, 9.17) is 4.74 Å². The summed E-state index contributed by atoms with van der Waals surface area (Å²) in [5.41, 5.74) is 0.911. The molecule has 6 heteroatoms. The second-order valence-corrected chi connectivity index (χ2v) is 5.44. The number of ether oxygens (including phenoxy) is 1. The monoisotopic (exact) mass is 279 g/mol. The zero-order valence-corrected chi connectivity index (χ0v) is 11.8. The maximum absolute atomic E-state index is 5.24. The Balaban J connectivity index is 2.39. The third-order valence-corrected chi connectivity index (χ3v) is 4.03. The van der Waals surface area contributed by atoms with Crippen LogP contribution in [0.2, 0.25) is 0 Å². The molecule has 1 aliphatic heterocycles. The molecule has 0 aromatic heterocycles. The number of methoxy groups -OCH3 is 1. The summed E-state index contributed by atoms with van der Waals surface area (Å²) in [4.78, 5) is 10.6. The normalized spacial score (nSPS) is 14.1. The van der Waals surface area contributed by atoms with Crippen LogP contribution in [0.4, 0.5) is 5.69 Å². The third-order valence-electron chi connectivity index (χ3n) is 2.25. The van der Waals surface area contributed by atoms with E-state index in [1.165, 1.54) is 11.8 Å². The van der Waals surface area contributed by atoms with Gasteiger partial charge in [0.1, 0.15) is 5.03 Å². The molecule has 0 atom stereocenters. The van der Waals surface area contributed by atoms with Crippen LogP contribution < -0.4 is 4.72 Å². The molecule has 94 valence electrons. The molecule has 4 nitrogen and oxygen atoms in total. The maximum Gasteiger partial charge on any atom is 0.169 e. The number of nitrogens with zero attached hydrogens (tertiary/aromatic N) is 2. The van der Waals surface area contributed by atoms with Gasteiger partial charge in [-0.15, -0.1) is 0 Å². The van der Waals surface area contributed by atoms with Crippen LogP contribution in [-0.4, -0.2) is 27.1 Å². The Bertz CT molecular complexity index is 526. The summed E-state index contributed by atoms with van der Waals surface area (Å²) in [6, 6.07) is 6.10. The van der Waals surface area contributed by atoms with Crippen LogP contribution in [0.5, 0.6) is 0 Å². The Morgan fingerprint density at radius 3 is 3.00 bits per heavy atom. The molecule has 0 unspecified atom stereocenters. The quantitative estimate of drug-likeness (QED) is 0.679. The molecule has 0 radical (unpaired) electrons. The fourth-order valence-corrected chi connectivity index (χ4v) is 2.86. The number of benzene rings is 1. The molecule has 18 heavy (non-hydrogen) atoms. The summed E-state index contributed by atoms with van der Waals surface area (Å²) in [6.45, 7) is 3.56. The predicted octanol–water partition coefficient (Wildman–Crippen LogP) is 3.24. The molecule has 1 aromatic carbocycles. The summed E-state index contributed by atoms with van der Waals surface area (Å²) in [6.07, 6.45) is 1.68. The molecule has 1 aliphatic rings. The summed E-state index contributed by atoms with van der Waals surface area (Å²) < 4.78 is 8.28. The molecule has 0 saturated heterocycles. The SMILES string of the molecule is C=NC1=C(OC)C=Nc2cc(SNC)ccc2S1.